The molecule has 0 atom stereocenters. The van der Waals surface area contributed by atoms with E-state index >= 15 is 0 Å². The summed E-state index contributed by atoms with van der Waals surface area (Å²) in [6.45, 7) is 1.75. The van der Waals surface area contributed by atoms with Gasteiger partial charge in [0.1, 0.15) is 6.54 Å². The molecule has 0 radical (unpaired) electrons. The quantitative estimate of drug-likeness (QED) is 0.591. The molecule has 0 fully saturated rings. The zero-order chi connectivity index (χ0) is 16.2. The van der Waals surface area contributed by atoms with Crippen molar-refractivity contribution in [2.75, 3.05) is 0 Å². The van der Waals surface area contributed by atoms with Gasteiger partial charge in [-0.15, -0.1) is 5.10 Å². The van der Waals surface area contributed by atoms with Crippen LogP contribution in [0.3, 0.4) is 0 Å². The molecule has 116 valence electrons. The van der Waals surface area contributed by atoms with Gasteiger partial charge in [0.05, 0.1) is 15.9 Å². The minimum atomic E-state index is -0.904. The molecule has 0 amide bonds. The maximum atomic E-state index is 11.1. The average Bonchev–Trinajstić information content (AvgIpc) is 2.91. The average molecular weight is 325 g/mol. The number of hydrogen-bond donors (Lipinski definition) is 1. The second-order valence-corrected chi connectivity index (χ2v) is 5.99. The molecule has 3 rings (SSSR count). The third kappa shape index (κ3) is 3.37. The SMILES string of the molecule is C/C(=N\N=c1\sc2ccccc2n1CC(=O)O)c1ccccc1. The number of hydrogen-bond acceptors (Lipinski definition) is 4. The van der Waals surface area contributed by atoms with Crippen molar-refractivity contribution >= 4 is 33.2 Å². The normalized spacial score (nSPS) is 12.7. The number of thiazole rings is 1. The van der Waals surface area contributed by atoms with Crippen molar-refractivity contribution in [3.63, 3.8) is 0 Å². The van der Waals surface area contributed by atoms with Crippen LogP contribution in [0.4, 0.5) is 0 Å². The van der Waals surface area contributed by atoms with Gasteiger partial charge in [-0.05, 0) is 24.6 Å². The summed E-state index contributed by atoms with van der Waals surface area (Å²) in [6, 6.07) is 17.4. The first-order chi connectivity index (χ1) is 11.1. The van der Waals surface area contributed by atoms with Gasteiger partial charge >= 0.3 is 5.97 Å². The smallest absolute Gasteiger partial charge is 0.323 e. The predicted molar refractivity (Wildman–Crippen MR) is 91.7 cm³/mol. The van der Waals surface area contributed by atoms with E-state index in [2.05, 4.69) is 10.2 Å². The molecule has 6 heteroatoms. The highest BCUT2D eigenvalue weighted by Crippen LogP contribution is 2.16. The number of carboxylic acids is 1. The molecule has 1 N–H and O–H groups in total. The van der Waals surface area contributed by atoms with Crippen molar-refractivity contribution in [1.29, 1.82) is 0 Å². The first-order valence-electron chi connectivity index (χ1n) is 7.09. The first kappa shape index (κ1) is 15.2. The van der Waals surface area contributed by atoms with Crippen LogP contribution < -0.4 is 4.80 Å². The third-order valence-electron chi connectivity index (χ3n) is 3.36. The molecular formula is C17H15N3O2S. The van der Waals surface area contributed by atoms with E-state index in [1.165, 1.54) is 11.3 Å². The number of carbonyl (C=O) groups is 1. The summed E-state index contributed by atoms with van der Waals surface area (Å²) in [6.07, 6.45) is 0. The first-order valence-corrected chi connectivity index (χ1v) is 7.90. The lowest BCUT2D eigenvalue weighted by atomic mass is 10.1. The molecule has 1 aromatic heterocycles. The van der Waals surface area contributed by atoms with E-state index < -0.39 is 5.97 Å². The number of benzene rings is 2. The second kappa shape index (κ2) is 6.58. The molecule has 0 aliphatic carbocycles. The topological polar surface area (TPSA) is 67.0 Å². The predicted octanol–water partition coefficient (Wildman–Crippen LogP) is 3.11. The summed E-state index contributed by atoms with van der Waals surface area (Å²) in [5.74, 6) is -0.904. The van der Waals surface area contributed by atoms with Gasteiger partial charge in [0.25, 0.3) is 0 Å². The minimum Gasteiger partial charge on any atom is -0.480 e. The van der Waals surface area contributed by atoms with Gasteiger partial charge in [-0.3, -0.25) is 4.79 Å². The lowest BCUT2D eigenvalue weighted by Crippen LogP contribution is -2.19. The van der Waals surface area contributed by atoms with Crippen LogP contribution in [0.1, 0.15) is 12.5 Å². The number of para-hydroxylation sites is 1. The summed E-state index contributed by atoms with van der Waals surface area (Å²) in [5.41, 5.74) is 2.62. The second-order valence-electron chi connectivity index (χ2n) is 4.98. The lowest BCUT2D eigenvalue weighted by Gasteiger charge is -2.00. The largest absolute Gasteiger partial charge is 0.480 e. The van der Waals surface area contributed by atoms with Crippen LogP contribution >= 0.6 is 11.3 Å². The molecule has 0 unspecified atom stereocenters. The Morgan fingerprint density at radius 1 is 1.13 bits per heavy atom. The fourth-order valence-corrected chi connectivity index (χ4v) is 3.22. The lowest BCUT2D eigenvalue weighted by molar-refractivity contribution is -0.137. The summed E-state index contributed by atoms with van der Waals surface area (Å²) in [5, 5.41) is 17.7. The van der Waals surface area contributed by atoms with E-state index in [9.17, 15) is 4.79 Å². The molecule has 0 aliphatic rings. The van der Waals surface area contributed by atoms with Crippen molar-refractivity contribution in [2.45, 2.75) is 13.5 Å². The van der Waals surface area contributed by atoms with Crippen LogP contribution in [0.15, 0.2) is 64.8 Å². The molecule has 2 aromatic carbocycles. The van der Waals surface area contributed by atoms with Gasteiger partial charge in [-0.25, -0.2) is 0 Å². The Balaban J connectivity index is 2.09. The Bertz CT molecular complexity index is 939. The number of aromatic nitrogens is 1. The van der Waals surface area contributed by atoms with Crippen LogP contribution in [0.2, 0.25) is 0 Å². The molecule has 0 saturated heterocycles. The highest BCUT2D eigenvalue weighted by Gasteiger charge is 2.08. The Kier molecular flexibility index (Phi) is 4.34. The number of rotatable bonds is 4. The Morgan fingerprint density at radius 3 is 2.57 bits per heavy atom. The molecule has 1 heterocycles. The fourth-order valence-electron chi connectivity index (χ4n) is 2.24. The Morgan fingerprint density at radius 2 is 1.83 bits per heavy atom. The van der Waals surface area contributed by atoms with E-state index in [4.69, 9.17) is 5.11 Å². The summed E-state index contributed by atoms with van der Waals surface area (Å²) in [7, 11) is 0. The van der Waals surface area contributed by atoms with Crippen LogP contribution in [0.25, 0.3) is 10.2 Å². The Hall–Kier alpha value is -2.73. The molecule has 0 aliphatic heterocycles. The van der Waals surface area contributed by atoms with Crippen molar-refractivity contribution < 1.29 is 9.90 Å². The Labute approximate surface area is 136 Å². The van der Waals surface area contributed by atoms with Crippen LogP contribution in [-0.4, -0.2) is 21.4 Å². The van der Waals surface area contributed by atoms with Crippen LogP contribution in [0, 0.1) is 0 Å². The maximum absolute atomic E-state index is 11.1. The van der Waals surface area contributed by atoms with Crippen molar-refractivity contribution in [2.24, 2.45) is 10.2 Å². The van der Waals surface area contributed by atoms with Gasteiger partial charge in [-0.2, -0.15) is 5.10 Å². The zero-order valence-corrected chi connectivity index (χ0v) is 13.3. The highest BCUT2D eigenvalue weighted by atomic mass is 32.1. The molecule has 0 spiro atoms. The monoisotopic (exact) mass is 325 g/mol. The maximum Gasteiger partial charge on any atom is 0.323 e. The summed E-state index contributed by atoms with van der Waals surface area (Å²) < 4.78 is 2.66. The molecule has 0 saturated carbocycles. The van der Waals surface area contributed by atoms with E-state index in [1.807, 2.05) is 61.5 Å². The minimum absolute atomic E-state index is 0.136. The van der Waals surface area contributed by atoms with Crippen LogP contribution in [-0.2, 0) is 11.3 Å². The summed E-state index contributed by atoms with van der Waals surface area (Å²) in [4.78, 5) is 11.7. The van der Waals surface area contributed by atoms with E-state index in [-0.39, 0.29) is 6.54 Å². The van der Waals surface area contributed by atoms with Gasteiger partial charge in [0.15, 0.2) is 0 Å². The van der Waals surface area contributed by atoms with Crippen molar-refractivity contribution in [1.82, 2.24) is 4.57 Å². The highest BCUT2D eigenvalue weighted by molar-refractivity contribution is 7.16. The van der Waals surface area contributed by atoms with E-state index in [0.717, 1.165) is 21.5 Å². The van der Waals surface area contributed by atoms with Gasteiger partial charge in [0, 0.05) is 0 Å². The third-order valence-corrected chi connectivity index (χ3v) is 4.41. The molecule has 23 heavy (non-hydrogen) atoms. The van der Waals surface area contributed by atoms with Gasteiger partial charge in [-0.1, -0.05) is 53.8 Å². The standard InChI is InChI=1S/C17H15N3O2S/c1-12(13-7-3-2-4-8-13)18-19-17-20(11-16(21)22)14-9-5-6-10-15(14)23-17/h2-10H,11H2,1H3,(H,21,22)/b18-12+,19-17+. The van der Waals surface area contributed by atoms with Gasteiger partial charge in [0.2, 0.25) is 4.80 Å². The fraction of sp³-hybridized carbons (Fsp3) is 0.118. The molecular weight excluding hydrogens is 310 g/mol. The molecule has 3 aromatic rings. The molecule has 5 nitrogen and oxygen atoms in total. The number of aliphatic carboxylic acids is 1. The number of fused-ring (bicyclic) bond motifs is 1. The van der Waals surface area contributed by atoms with Crippen molar-refractivity contribution in [3.05, 3.63) is 65.0 Å². The zero-order valence-electron chi connectivity index (χ0n) is 12.5. The molecule has 0 bridgehead atoms. The van der Waals surface area contributed by atoms with E-state index in [0.29, 0.717) is 4.80 Å². The number of nitrogens with zero attached hydrogens (tertiary/aromatic N) is 3. The summed E-state index contributed by atoms with van der Waals surface area (Å²) >= 11 is 1.43. The van der Waals surface area contributed by atoms with E-state index in [1.54, 1.807) is 4.57 Å². The number of carboxylic acid groups (broad SMARTS) is 1. The van der Waals surface area contributed by atoms with Crippen LogP contribution in [0.5, 0.6) is 0 Å². The van der Waals surface area contributed by atoms with Crippen molar-refractivity contribution in [3.8, 4) is 0 Å². The van der Waals surface area contributed by atoms with Gasteiger partial charge < -0.3 is 9.67 Å².